The van der Waals surface area contributed by atoms with Gasteiger partial charge in [0.15, 0.2) is 0 Å². The largest absolute Gasteiger partial charge is 0.324 e. The molecule has 112 valence electrons. The Kier molecular flexibility index (Phi) is 3.85. The van der Waals surface area contributed by atoms with Crippen molar-refractivity contribution >= 4 is 35.0 Å². The molecule has 0 spiro atoms. The van der Waals surface area contributed by atoms with Crippen LogP contribution < -0.4 is 10.6 Å². The number of benzene rings is 2. The molecule has 22 heavy (non-hydrogen) atoms. The number of fused-ring (bicyclic) bond motifs is 1. The molecule has 1 aliphatic heterocycles. The Hall–Kier alpha value is -2.34. The van der Waals surface area contributed by atoms with E-state index in [0.717, 1.165) is 4.90 Å². The lowest BCUT2D eigenvalue weighted by atomic mass is 10.2. The van der Waals surface area contributed by atoms with E-state index in [2.05, 4.69) is 10.6 Å². The van der Waals surface area contributed by atoms with Crippen molar-refractivity contribution < 1.29 is 14.0 Å². The fraction of sp³-hybridized carbons (Fsp3) is 0.125. The Morgan fingerprint density at radius 2 is 2.09 bits per heavy atom. The van der Waals surface area contributed by atoms with Crippen LogP contribution in [0.15, 0.2) is 47.4 Å². The second kappa shape index (κ2) is 5.81. The number of halogens is 1. The first-order valence-corrected chi connectivity index (χ1v) is 7.59. The molecule has 1 unspecified atom stereocenters. The van der Waals surface area contributed by atoms with Gasteiger partial charge in [0.05, 0.1) is 10.9 Å². The summed E-state index contributed by atoms with van der Waals surface area (Å²) in [5, 5.41) is 5.36. The second-order valence-electron chi connectivity index (χ2n) is 4.92. The standard InChI is InChI=1S/C16H13FN2O2S/c1-9-15(20)19-13-8-12(5-6-14(13)22-9)18-16(21)10-3-2-4-11(17)7-10/h2-9H,1H3,(H,18,21)(H,19,20). The van der Waals surface area contributed by atoms with Crippen LogP contribution in [0.3, 0.4) is 0 Å². The molecule has 0 aliphatic carbocycles. The average molecular weight is 316 g/mol. The van der Waals surface area contributed by atoms with Crippen LogP contribution >= 0.6 is 11.8 Å². The van der Waals surface area contributed by atoms with Crippen LogP contribution in [-0.4, -0.2) is 17.1 Å². The molecule has 6 heteroatoms. The number of nitrogens with one attached hydrogen (secondary N) is 2. The maximum atomic E-state index is 13.1. The number of amides is 2. The normalized spacial score (nSPS) is 16.6. The Morgan fingerprint density at radius 1 is 1.27 bits per heavy atom. The van der Waals surface area contributed by atoms with Crippen LogP contribution in [0.1, 0.15) is 17.3 Å². The number of carbonyl (C=O) groups excluding carboxylic acids is 2. The van der Waals surface area contributed by atoms with Crippen LogP contribution in [0.25, 0.3) is 0 Å². The van der Waals surface area contributed by atoms with Crippen molar-refractivity contribution in [1.29, 1.82) is 0 Å². The zero-order valence-corrected chi connectivity index (χ0v) is 12.5. The lowest BCUT2D eigenvalue weighted by Crippen LogP contribution is -2.26. The van der Waals surface area contributed by atoms with Crippen molar-refractivity contribution in [2.24, 2.45) is 0 Å². The van der Waals surface area contributed by atoms with Crippen LogP contribution in [0.4, 0.5) is 15.8 Å². The van der Waals surface area contributed by atoms with E-state index in [1.54, 1.807) is 12.1 Å². The first-order valence-electron chi connectivity index (χ1n) is 6.71. The fourth-order valence-electron chi connectivity index (χ4n) is 2.12. The topological polar surface area (TPSA) is 58.2 Å². The van der Waals surface area contributed by atoms with E-state index < -0.39 is 11.7 Å². The number of rotatable bonds is 2. The van der Waals surface area contributed by atoms with Crippen molar-refractivity contribution in [2.75, 3.05) is 10.6 Å². The van der Waals surface area contributed by atoms with Crippen molar-refractivity contribution in [1.82, 2.24) is 0 Å². The molecule has 2 aromatic carbocycles. The molecule has 0 fully saturated rings. The molecule has 3 rings (SSSR count). The third-order valence-corrected chi connectivity index (χ3v) is 4.43. The molecule has 0 radical (unpaired) electrons. The molecule has 4 nitrogen and oxygen atoms in total. The molecule has 1 atom stereocenters. The predicted molar refractivity (Wildman–Crippen MR) is 84.7 cm³/mol. The van der Waals surface area contributed by atoms with Crippen LogP contribution in [-0.2, 0) is 4.79 Å². The summed E-state index contributed by atoms with van der Waals surface area (Å²) in [4.78, 5) is 24.7. The molecule has 1 heterocycles. The molecular formula is C16H13FN2O2S. The monoisotopic (exact) mass is 316 g/mol. The summed E-state index contributed by atoms with van der Waals surface area (Å²) in [6.07, 6.45) is 0. The third-order valence-electron chi connectivity index (χ3n) is 3.26. The van der Waals surface area contributed by atoms with Gasteiger partial charge in [0.25, 0.3) is 5.91 Å². The molecule has 0 bridgehead atoms. The lowest BCUT2D eigenvalue weighted by Gasteiger charge is -2.22. The van der Waals surface area contributed by atoms with Gasteiger partial charge >= 0.3 is 0 Å². The highest BCUT2D eigenvalue weighted by Gasteiger charge is 2.23. The maximum absolute atomic E-state index is 13.1. The highest BCUT2D eigenvalue weighted by atomic mass is 32.2. The van der Waals surface area contributed by atoms with E-state index in [1.165, 1.54) is 36.0 Å². The molecule has 2 aromatic rings. The van der Waals surface area contributed by atoms with E-state index in [4.69, 9.17) is 0 Å². The Bertz CT molecular complexity index is 764. The van der Waals surface area contributed by atoms with E-state index in [-0.39, 0.29) is 16.7 Å². The maximum Gasteiger partial charge on any atom is 0.255 e. The molecule has 2 amide bonds. The first kappa shape index (κ1) is 14.6. The highest BCUT2D eigenvalue weighted by molar-refractivity contribution is 8.00. The summed E-state index contributed by atoms with van der Waals surface area (Å²) in [5.74, 6) is -0.926. The minimum Gasteiger partial charge on any atom is -0.324 e. The van der Waals surface area contributed by atoms with Crippen molar-refractivity contribution in [3.63, 3.8) is 0 Å². The number of anilines is 2. The van der Waals surface area contributed by atoms with Crippen LogP contribution in [0.5, 0.6) is 0 Å². The van der Waals surface area contributed by atoms with Gasteiger partial charge in [0, 0.05) is 16.1 Å². The van der Waals surface area contributed by atoms with Gasteiger partial charge in [-0.3, -0.25) is 9.59 Å². The van der Waals surface area contributed by atoms with Gasteiger partial charge in [0.1, 0.15) is 5.82 Å². The van der Waals surface area contributed by atoms with Crippen molar-refractivity contribution in [2.45, 2.75) is 17.1 Å². The quantitative estimate of drug-likeness (QED) is 0.891. The molecule has 0 aromatic heterocycles. The van der Waals surface area contributed by atoms with E-state index >= 15 is 0 Å². The number of carbonyl (C=O) groups is 2. The predicted octanol–water partition coefficient (Wildman–Crippen LogP) is 3.51. The van der Waals surface area contributed by atoms with Gasteiger partial charge in [-0.25, -0.2) is 4.39 Å². The highest BCUT2D eigenvalue weighted by Crippen LogP contribution is 2.37. The zero-order valence-electron chi connectivity index (χ0n) is 11.7. The Morgan fingerprint density at radius 3 is 2.86 bits per heavy atom. The van der Waals surface area contributed by atoms with Gasteiger partial charge in [-0.1, -0.05) is 6.07 Å². The van der Waals surface area contributed by atoms with Gasteiger partial charge < -0.3 is 10.6 Å². The number of hydrogen-bond donors (Lipinski definition) is 2. The number of hydrogen-bond acceptors (Lipinski definition) is 3. The van der Waals surface area contributed by atoms with Gasteiger partial charge in [-0.2, -0.15) is 0 Å². The van der Waals surface area contributed by atoms with E-state index in [1.807, 2.05) is 13.0 Å². The molecule has 1 aliphatic rings. The van der Waals surface area contributed by atoms with Gasteiger partial charge in [-0.15, -0.1) is 11.8 Å². The minimum absolute atomic E-state index is 0.0638. The van der Waals surface area contributed by atoms with Crippen molar-refractivity contribution in [3.05, 3.63) is 53.8 Å². The molecule has 0 saturated carbocycles. The second-order valence-corrected chi connectivity index (χ2v) is 6.31. The summed E-state index contributed by atoms with van der Waals surface area (Å²) >= 11 is 1.47. The van der Waals surface area contributed by atoms with Gasteiger partial charge in [-0.05, 0) is 43.3 Å². The fourth-order valence-corrected chi connectivity index (χ4v) is 3.05. The molecule has 2 N–H and O–H groups in total. The summed E-state index contributed by atoms with van der Waals surface area (Å²) in [7, 11) is 0. The Balaban J connectivity index is 1.80. The number of thioether (sulfide) groups is 1. The zero-order chi connectivity index (χ0) is 15.7. The smallest absolute Gasteiger partial charge is 0.255 e. The SMILES string of the molecule is CC1Sc2ccc(NC(=O)c3cccc(F)c3)cc2NC1=O. The first-order chi connectivity index (χ1) is 10.5. The summed E-state index contributed by atoms with van der Waals surface area (Å²) < 4.78 is 13.1. The summed E-state index contributed by atoms with van der Waals surface area (Å²) in [6.45, 7) is 1.84. The van der Waals surface area contributed by atoms with E-state index in [9.17, 15) is 14.0 Å². The third kappa shape index (κ3) is 2.96. The van der Waals surface area contributed by atoms with E-state index in [0.29, 0.717) is 11.4 Å². The van der Waals surface area contributed by atoms with Gasteiger partial charge in [0.2, 0.25) is 5.91 Å². The minimum atomic E-state index is -0.462. The molecular weight excluding hydrogens is 303 g/mol. The van der Waals surface area contributed by atoms with Crippen LogP contribution in [0.2, 0.25) is 0 Å². The lowest BCUT2D eigenvalue weighted by molar-refractivity contribution is -0.115. The average Bonchev–Trinajstić information content (AvgIpc) is 2.49. The molecule has 0 saturated heterocycles. The van der Waals surface area contributed by atoms with Crippen molar-refractivity contribution in [3.8, 4) is 0 Å². The van der Waals surface area contributed by atoms with Crippen LogP contribution in [0, 0.1) is 5.82 Å². The summed E-state index contributed by atoms with van der Waals surface area (Å²) in [6, 6.07) is 10.8. The Labute approximate surface area is 131 Å². The summed E-state index contributed by atoms with van der Waals surface area (Å²) in [5.41, 5.74) is 1.46.